The molecule has 94 valence electrons. The van der Waals surface area contributed by atoms with Gasteiger partial charge in [0.25, 0.3) is 0 Å². The lowest BCUT2D eigenvalue weighted by Crippen LogP contribution is -2.28. The van der Waals surface area contributed by atoms with Gasteiger partial charge in [-0.1, -0.05) is 12.1 Å². The van der Waals surface area contributed by atoms with Crippen molar-refractivity contribution in [3.05, 3.63) is 29.8 Å². The summed E-state index contributed by atoms with van der Waals surface area (Å²) in [6, 6.07) is 5.96. The molecule has 1 N–H and O–H groups in total. The third-order valence-electron chi connectivity index (χ3n) is 3.10. The molecule has 17 heavy (non-hydrogen) atoms. The van der Waals surface area contributed by atoms with Crippen LogP contribution in [0.15, 0.2) is 24.3 Å². The molecule has 0 saturated carbocycles. The van der Waals surface area contributed by atoms with Gasteiger partial charge in [-0.05, 0) is 30.5 Å². The fourth-order valence-corrected chi connectivity index (χ4v) is 4.02. The van der Waals surface area contributed by atoms with Gasteiger partial charge >= 0.3 is 0 Å². The van der Waals surface area contributed by atoms with E-state index in [1.807, 2.05) is 0 Å². The van der Waals surface area contributed by atoms with Crippen LogP contribution in [0, 0.1) is 5.92 Å². The number of benzene rings is 1. The lowest BCUT2D eigenvalue weighted by Gasteiger charge is -2.25. The first-order chi connectivity index (χ1) is 7.98. The van der Waals surface area contributed by atoms with Crippen LogP contribution in [0.4, 0.5) is 4.39 Å². The zero-order chi connectivity index (χ0) is 12.5. The molecule has 1 aliphatic rings. The van der Waals surface area contributed by atoms with Gasteiger partial charge in [-0.25, -0.2) is 12.8 Å². The number of halogens is 1. The zero-order valence-electron chi connectivity index (χ0n) is 9.34. The summed E-state index contributed by atoms with van der Waals surface area (Å²) in [6.07, 6.45) is -0.223. The third kappa shape index (κ3) is 2.97. The highest BCUT2D eigenvalue weighted by Gasteiger charge is 2.31. The van der Waals surface area contributed by atoms with Gasteiger partial charge in [0.05, 0.1) is 11.5 Å². The van der Waals surface area contributed by atoms with Crippen molar-refractivity contribution in [2.45, 2.75) is 19.0 Å². The summed E-state index contributed by atoms with van der Waals surface area (Å²) in [5.74, 6) is -0.417. The molecule has 2 atom stereocenters. The maximum Gasteiger partial charge on any atom is 0.150 e. The van der Waals surface area contributed by atoms with Crippen molar-refractivity contribution in [1.29, 1.82) is 0 Å². The Hall–Kier alpha value is -1.10. The summed E-state index contributed by atoms with van der Waals surface area (Å²) < 4.78 is 37.1. The average molecular weight is 258 g/mol. The molecule has 1 aliphatic heterocycles. The number of aromatic hydroxyl groups is 1. The fourth-order valence-electron chi connectivity index (χ4n) is 2.26. The second-order valence-electron chi connectivity index (χ2n) is 4.51. The molecule has 0 radical (unpaired) electrons. The highest BCUT2D eigenvalue weighted by molar-refractivity contribution is 7.91. The molecule has 2 unspecified atom stereocenters. The van der Waals surface area contributed by atoms with Crippen molar-refractivity contribution >= 4 is 9.84 Å². The topological polar surface area (TPSA) is 54.4 Å². The largest absolute Gasteiger partial charge is 0.508 e. The molecule has 1 saturated heterocycles. The van der Waals surface area contributed by atoms with Gasteiger partial charge in [0.1, 0.15) is 11.9 Å². The van der Waals surface area contributed by atoms with Crippen molar-refractivity contribution in [2.75, 3.05) is 11.5 Å². The number of hydrogen-bond donors (Lipinski definition) is 1. The molecule has 0 aliphatic carbocycles. The van der Waals surface area contributed by atoms with Gasteiger partial charge in [0.15, 0.2) is 9.84 Å². The monoisotopic (exact) mass is 258 g/mol. The standard InChI is InChI=1S/C12H15FO3S/c13-12(9-3-1-5-11(14)7-9)10-4-2-6-17(15,16)8-10/h1,3,5,7,10,12,14H,2,4,6,8H2. The number of sulfone groups is 1. The van der Waals surface area contributed by atoms with E-state index in [1.165, 1.54) is 12.1 Å². The van der Waals surface area contributed by atoms with Crippen LogP contribution in [0.1, 0.15) is 24.6 Å². The molecular formula is C12H15FO3S. The molecule has 0 aromatic heterocycles. The van der Waals surface area contributed by atoms with Gasteiger partial charge in [0, 0.05) is 5.92 Å². The minimum Gasteiger partial charge on any atom is -0.508 e. The van der Waals surface area contributed by atoms with Crippen molar-refractivity contribution in [2.24, 2.45) is 5.92 Å². The van der Waals surface area contributed by atoms with Crippen LogP contribution in [-0.4, -0.2) is 25.0 Å². The molecule has 3 nitrogen and oxygen atoms in total. The SMILES string of the molecule is O=S1(=O)CCCC(C(F)c2cccc(O)c2)C1. The molecule has 2 rings (SSSR count). The smallest absolute Gasteiger partial charge is 0.150 e. The Kier molecular flexibility index (Phi) is 3.38. The van der Waals surface area contributed by atoms with E-state index in [2.05, 4.69) is 0 Å². The first-order valence-corrected chi connectivity index (χ1v) is 7.43. The van der Waals surface area contributed by atoms with Crippen molar-refractivity contribution in [1.82, 2.24) is 0 Å². The minimum absolute atomic E-state index is 0.00353. The Morgan fingerprint density at radius 1 is 1.41 bits per heavy atom. The number of rotatable bonds is 2. The van der Waals surface area contributed by atoms with Crippen LogP contribution in [0.2, 0.25) is 0 Å². The quantitative estimate of drug-likeness (QED) is 0.885. The van der Waals surface area contributed by atoms with E-state index < -0.39 is 21.9 Å². The predicted molar refractivity (Wildman–Crippen MR) is 63.3 cm³/mol. The summed E-state index contributed by atoms with van der Waals surface area (Å²) in [7, 11) is -3.10. The normalized spacial score (nSPS) is 25.4. The van der Waals surface area contributed by atoms with Crippen molar-refractivity contribution in [3.8, 4) is 5.75 Å². The lowest BCUT2D eigenvalue weighted by molar-refractivity contribution is 0.231. The van der Waals surface area contributed by atoms with E-state index in [9.17, 15) is 17.9 Å². The summed E-state index contributed by atoms with van der Waals surface area (Å²) in [5.41, 5.74) is 0.354. The molecular weight excluding hydrogens is 243 g/mol. The Bertz CT molecular complexity index is 498. The van der Waals surface area contributed by atoms with E-state index in [-0.39, 0.29) is 17.3 Å². The number of alkyl halides is 1. The Labute approximate surface area is 100 Å². The lowest BCUT2D eigenvalue weighted by atomic mass is 9.94. The van der Waals surface area contributed by atoms with E-state index in [1.54, 1.807) is 12.1 Å². The summed E-state index contributed by atoms with van der Waals surface area (Å²) >= 11 is 0. The van der Waals surface area contributed by atoms with E-state index in [4.69, 9.17) is 0 Å². The average Bonchev–Trinajstić information content (AvgIpc) is 2.26. The number of phenolic OH excluding ortho intramolecular Hbond substituents is 1. The molecule has 5 heteroatoms. The van der Waals surface area contributed by atoms with Gasteiger partial charge in [-0.3, -0.25) is 0 Å². The van der Waals surface area contributed by atoms with Crippen LogP contribution in [0.25, 0.3) is 0 Å². The minimum atomic E-state index is -3.10. The summed E-state index contributed by atoms with van der Waals surface area (Å²) in [5, 5.41) is 9.28. The summed E-state index contributed by atoms with van der Waals surface area (Å²) in [4.78, 5) is 0. The second kappa shape index (κ2) is 4.64. The first kappa shape index (κ1) is 12.4. The highest BCUT2D eigenvalue weighted by atomic mass is 32.2. The second-order valence-corrected chi connectivity index (χ2v) is 6.74. The molecule has 1 aromatic carbocycles. The van der Waals surface area contributed by atoms with E-state index >= 15 is 0 Å². The zero-order valence-corrected chi connectivity index (χ0v) is 10.2. The molecule has 1 fully saturated rings. The Balaban J connectivity index is 2.17. The Morgan fingerprint density at radius 3 is 2.82 bits per heavy atom. The highest BCUT2D eigenvalue weighted by Crippen LogP contribution is 2.34. The fraction of sp³-hybridized carbons (Fsp3) is 0.500. The Morgan fingerprint density at radius 2 is 2.18 bits per heavy atom. The van der Waals surface area contributed by atoms with Gasteiger partial charge in [-0.2, -0.15) is 0 Å². The van der Waals surface area contributed by atoms with Crippen LogP contribution < -0.4 is 0 Å². The van der Waals surface area contributed by atoms with Crippen LogP contribution in [0.3, 0.4) is 0 Å². The number of phenols is 1. The third-order valence-corrected chi connectivity index (χ3v) is 4.95. The van der Waals surface area contributed by atoms with E-state index in [0.717, 1.165) is 0 Å². The molecule has 1 aromatic rings. The first-order valence-electron chi connectivity index (χ1n) is 5.61. The van der Waals surface area contributed by atoms with Crippen LogP contribution in [0.5, 0.6) is 5.75 Å². The molecule has 0 amide bonds. The van der Waals surface area contributed by atoms with E-state index in [0.29, 0.717) is 18.4 Å². The van der Waals surface area contributed by atoms with Gasteiger partial charge in [-0.15, -0.1) is 0 Å². The predicted octanol–water partition coefficient (Wildman–Crippen LogP) is 2.23. The van der Waals surface area contributed by atoms with Crippen molar-refractivity contribution < 1.29 is 17.9 Å². The van der Waals surface area contributed by atoms with Crippen molar-refractivity contribution in [3.63, 3.8) is 0 Å². The number of hydrogen-bond acceptors (Lipinski definition) is 3. The van der Waals surface area contributed by atoms with Gasteiger partial charge < -0.3 is 5.11 Å². The van der Waals surface area contributed by atoms with Crippen LogP contribution in [-0.2, 0) is 9.84 Å². The van der Waals surface area contributed by atoms with Gasteiger partial charge in [0.2, 0.25) is 0 Å². The maximum absolute atomic E-state index is 14.2. The molecule has 0 spiro atoms. The molecule has 1 heterocycles. The summed E-state index contributed by atoms with van der Waals surface area (Å²) in [6.45, 7) is 0. The molecule has 0 bridgehead atoms. The van der Waals surface area contributed by atoms with Crippen LogP contribution >= 0.6 is 0 Å². The maximum atomic E-state index is 14.2.